The highest BCUT2D eigenvalue weighted by Crippen LogP contribution is 2.40. The Labute approximate surface area is 263 Å². The van der Waals surface area contributed by atoms with E-state index in [0.717, 1.165) is 72.2 Å². The molecule has 0 radical (unpaired) electrons. The zero-order valence-corrected chi connectivity index (χ0v) is 24.7. The third-order valence-electron chi connectivity index (χ3n) is 9.12. The van der Waals surface area contributed by atoms with Gasteiger partial charge in [-0.25, -0.2) is 15.0 Å². The molecule has 214 valence electrons. The van der Waals surface area contributed by atoms with E-state index in [0.29, 0.717) is 0 Å². The van der Waals surface area contributed by atoms with Crippen molar-refractivity contribution >= 4 is 60.3 Å². The van der Waals surface area contributed by atoms with Gasteiger partial charge in [0.25, 0.3) is 0 Å². The fourth-order valence-electron chi connectivity index (χ4n) is 7.12. The fraction of sp³-hybridized carbons (Fsp3) is 0. The van der Waals surface area contributed by atoms with Gasteiger partial charge in [-0.1, -0.05) is 103 Å². The van der Waals surface area contributed by atoms with Crippen molar-refractivity contribution in [3.05, 3.63) is 152 Å². The summed E-state index contributed by atoms with van der Waals surface area (Å²) >= 11 is 0. The number of hydrogen-bond donors (Lipinski definition) is 0. The highest BCUT2D eigenvalue weighted by atomic mass is 15.1. The summed E-state index contributed by atoms with van der Waals surface area (Å²) in [6.45, 7) is 0. The van der Waals surface area contributed by atoms with E-state index in [1.165, 1.54) is 16.3 Å². The average Bonchev–Trinajstić information content (AvgIpc) is 3.40. The van der Waals surface area contributed by atoms with Crippen LogP contribution in [0.2, 0.25) is 0 Å². The van der Waals surface area contributed by atoms with Gasteiger partial charge in [-0.2, -0.15) is 0 Å². The Hall–Kier alpha value is -6.33. The van der Waals surface area contributed by atoms with Crippen LogP contribution in [0.1, 0.15) is 0 Å². The number of benzene rings is 6. The Balaban J connectivity index is 1.42. The van der Waals surface area contributed by atoms with Gasteiger partial charge >= 0.3 is 0 Å². The van der Waals surface area contributed by atoms with Crippen LogP contribution in [-0.2, 0) is 0 Å². The molecule has 10 rings (SSSR count). The topological polar surface area (TPSA) is 48.0 Å². The van der Waals surface area contributed by atoms with E-state index in [9.17, 15) is 0 Å². The predicted molar refractivity (Wildman–Crippen MR) is 189 cm³/mol. The van der Waals surface area contributed by atoms with Gasteiger partial charge in [-0.15, -0.1) is 0 Å². The normalized spacial score (nSPS) is 11.9. The zero-order chi connectivity index (χ0) is 30.2. The van der Waals surface area contributed by atoms with Gasteiger partial charge in [0.05, 0.1) is 33.1 Å². The minimum absolute atomic E-state index is 0.739. The maximum absolute atomic E-state index is 5.39. The Bertz CT molecular complexity index is 2790. The third-order valence-corrected chi connectivity index (χ3v) is 9.12. The molecule has 0 N–H and O–H groups in total. The van der Waals surface area contributed by atoms with E-state index in [4.69, 9.17) is 15.0 Å². The zero-order valence-electron chi connectivity index (χ0n) is 24.7. The molecular formula is C41H25N5. The van der Waals surface area contributed by atoms with Crippen LogP contribution in [-0.4, -0.2) is 23.9 Å². The van der Waals surface area contributed by atoms with Crippen molar-refractivity contribution in [1.82, 2.24) is 23.9 Å². The Morgan fingerprint density at radius 1 is 0.478 bits per heavy atom. The Kier molecular flexibility index (Phi) is 5.22. The fourth-order valence-corrected chi connectivity index (χ4v) is 7.12. The molecule has 4 aromatic heterocycles. The lowest BCUT2D eigenvalue weighted by molar-refractivity contribution is 1.05. The van der Waals surface area contributed by atoms with Crippen LogP contribution in [0.15, 0.2) is 152 Å². The Morgan fingerprint density at radius 3 is 2.11 bits per heavy atom. The smallest absolute Gasteiger partial charge is 0.166 e. The number of hydrogen-bond acceptors (Lipinski definition) is 3. The van der Waals surface area contributed by atoms with Crippen LogP contribution in [0.4, 0.5) is 0 Å². The second-order valence-electron chi connectivity index (χ2n) is 11.7. The van der Waals surface area contributed by atoms with Crippen LogP contribution in [0, 0.1) is 0 Å². The van der Waals surface area contributed by atoms with Gasteiger partial charge in [0.15, 0.2) is 11.5 Å². The summed E-state index contributed by atoms with van der Waals surface area (Å²) in [6, 6.07) is 51.0. The summed E-state index contributed by atoms with van der Waals surface area (Å²) < 4.78 is 4.60. The van der Waals surface area contributed by atoms with E-state index in [1.807, 2.05) is 42.6 Å². The number of fused-ring (bicyclic) bond motifs is 6. The van der Waals surface area contributed by atoms with Gasteiger partial charge in [-0.05, 0) is 59.0 Å². The SMILES string of the molecule is c1ccc(-c2cccc(-c3nc4ccccc4nc3-n3c4cccc5ccc6c7ccccc7n(c7cccnc73)c6c54)c2)cc1. The first-order valence-corrected chi connectivity index (χ1v) is 15.5. The van der Waals surface area contributed by atoms with Crippen molar-refractivity contribution < 1.29 is 0 Å². The number of para-hydroxylation sites is 3. The first-order valence-electron chi connectivity index (χ1n) is 15.5. The summed E-state index contributed by atoms with van der Waals surface area (Å²) in [7, 11) is 0. The molecule has 0 amide bonds. The molecule has 5 nitrogen and oxygen atoms in total. The maximum Gasteiger partial charge on any atom is 0.166 e. The molecule has 0 fully saturated rings. The highest BCUT2D eigenvalue weighted by molar-refractivity contribution is 6.23. The van der Waals surface area contributed by atoms with Gasteiger partial charge < -0.3 is 4.40 Å². The van der Waals surface area contributed by atoms with Crippen molar-refractivity contribution in [2.75, 3.05) is 0 Å². The molecule has 5 heteroatoms. The quantitative estimate of drug-likeness (QED) is 0.207. The number of nitrogens with zero attached hydrogens (tertiary/aromatic N) is 5. The van der Waals surface area contributed by atoms with Crippen LogP contribution in [0.5, 0.6) is 0 Å². The molecule has 10 aromatic rings. The predicted octanol–water partition coefficient (Wildman–Crippen LogP) is 10.0. The van der Waals surface area contributed by atoms with Crippen molar-refractivity contribution in [3.8, 4) is 28.2 Å². The number of aromatic nitrogens is 5. The van der Waals surface area contributed by atoms with E-state index in [-0.39, 0.29) is 0 Å². The van der Waals surface area contributed by atoms with E-state index >= 15 is 0 Å². The summed E-state index contributed by atoms with van der Waals surface area (Å²) in [4.78, 5) is 15.8. The summed E-state index contributed by atoms with van der Waals surface area (Å²) in [5, 5.41) is 4.76. The van der Waals surface area contributed by atoms with Crippen LogP contribution >= 0.6 is 0 Å². The first kappa shape index (κ1) is 25.0. The summed E-state index contributed by atoms with van der Waals surface area (Å²) in [5.41, 5.74) is 10.9. The average molecular weight is 588 g/mol. The van der Waals surface area contributed by atoms with Crippen LogP contribution < -0.4 is 0 Å². The number of rotatable bonds is 3. The molecule has 46 heavy (non-hydrogen) atoms. The number of pyridine rings is 1. The molecule has 0 aliphatic carbocycles. The van der Waals surface area contributed by atoms with Crippen molar-refractivity contribution in [3.63, 3.8) is 0 Å². The van der Waals surface area contributed by atoms with E-state index in [1.54, 1.807) is 0 Å². The second kappa shape index (κ2) is 9.58. The summed E-state index contributed by atoms with van der Waals surface area (Å²) in [6.07, 6.45) is 1.87. The third kappa shape index (κ3) is 3.54. The monoisotopic (exact) mass is 587 g/mol. The molecule has 0 aliphatic rings. The summed E-state index contributed by atoms with van der Waals surface area (Å²) in [5.74, 6) is 0.739. The van der Waals surface area contributed by atoms with Crippen molar-refractivity contribution in [1.29, 1.82) is 0 Å². The highest BCUT2D eigenvalue weighted by Gasteiger charge is 2.22. The second-order valence-corrected chi connectivity index (χ2v) is 11.7. The Morgan fingerprint density at radius 2 is 1.20 bits per heavy atom. The first-order chi connectivity index (χ1) is 22.8. The molecule has 0 spiro atoms. The lowest BCUT2D eigenvalue weighted by Crippen LogP contribution is -2.06. The molecule has 0 unspecified atom stereocenters. The largest absolute Gasteiger partial charge is 0.305 e. The minimum Gasteiger partial charge on any atom is -0.305 e. The molecule has 4 heterocycles. The standard InChI is InChI=1S/C41H25N5/c1-2-11-26(12-3-1)28-14-8-15-29(25-28)38-41(44-33-18-6-5-17-32(33)43-38)46-35-20-9-13-27-22-23-31-30-16-4-7-19-34(30)45(39(31)37(27)35)36-21-10-24-42-40(36)46/h1-25H. The van der Waals surface area contributed by atoms with E-state index in [2.05, 4.69) is 118 Å². The lowest BCUT2D eigenvalue weighted by Gasteiger charge is -2.16. The van der Waals surface area contributed by atoms with E-state index < -0.39 is 0 Å². The minimum atomic E-state index is 0.739. The van der Waals surface area contributed by atoms with Gasteiger partial charge in [0, 0.05) is 27.9 Å². The molecule has 0 aliphatic heterocycles. The molecule has 0 bridgehead atoms. The molecule has 6 aromatic carbocycles. The van der Waals surface area contributed by atoms with Gasteiger partial charge in [-0.3, -0.25) is 4.57 Å². The maximum atomic E-state index is 5.39. The molecule has 0 saturated carbocycles. The molecule has 0 saturated heterocycles. The van der Waals surface area contributed by atoms with Crippen LogP contribution in [0.3, 0.4) is 0 Å². The van der Waals surface area contributed by atoms with Gasteiger partial charge in [0.1, 0.15) is 5.69 Å². The molecule has 0 atom stereocenters. The molecular weight excluding hydrogens is 562 g/mol. The van der Waals surface area contributed by atoms with Crippen molar-refractivity contribution in [2.45, 2.75) is 0 Å². The van der Waals surface area contributed by atoms with Gasteiger partial charge in [0.2, 0.25) is 0 Å². The van der Waals surface area contributed by atoms with Crippen LogP contribution in [0.25, 0.3) is 88.5 Å². The lowest BCUT2D eigenvalue weighted by atomic mass is 10.0. The van der Waals surface area contributed by atoms with Crippen molar-refractivity contribution in [2.24, 2.45) is 0 Å².